The van der Waals surface area contributed by atoms with Gasteiger partial charge in [-0.25, -0.2) is 0 Å². The lowest BCUT2D eigenvalue weighted by molar-refractivity contribution is -0.116. The minimum atomic E-state index is -0.328. The Hall–Kier alpha value is -4.33. The number of carbonyl (C=O) groups is 2. The number of hydrogen-bond acceptors (Lipinski definition) is 5. The molecule has 0 aliphatic carbocycles. The van der Waals surface area contributed by atoms with Crippen molar-refractivity contribution in [3.05, 3.63) is 101 Å². The Balaban J connectivity index is 1.28. The second-order valence-electron chi connectivity index (χ2n) is 7.96. The van der Waals surface area contributed by atoms with Gasteiger partial charge in [0.15, 0.2) is 5.76 Å². The van der Waals surface area contributed by atoms with Gasteiger partial charge < -0.3 is 19.8 Å². The molecule has 8 heteroatoms. The van der Waals surface area contributed by atoms with Crippen LogP contribution >= 0.6 is 0 Å². The summed E-state index contributed by atoms with van der Waals surface area (Å²) in [6, 6.07) is 18.4. The predicted octanol–water partition coefficient (Wildman–Crippen LogP) is 4.24. The first-order valence-electron chi connectivity index (χ1n) is 10.9. The molecule has 0 unspecified atom stereocenters. The number of aryl methyl sites for hydroxylation is 2. The molecule has 34 heavy (non-hydrogen) atoms. The van der Waals surface area contributed by atoms with Gasteiger partial charge in [0.25, 0.3) is 5.91 Å². The number of anilines is 1. The molecule has 0 saturated heterocycles. The lowest BCUT2D eigenvalue weighted by atomic mass is 10.1. The van der Waals surface area contributed by atoms with Gasteiger partial charge in [-0.2, -0.15) is 5.10 Å². The number of ether oxygens (including phenoxy) is 1. The normalized spacial score (nSPS) is 10.6. The first kappa shape index (κ1) is 22.8. The molecule has 0 radical (unpaired) electrons. The highest BCUT2D eigenvalue weighted by atomic mass is 16.5. The van der Waals surface area contributed by atoms with Crippen molar-refractivity contribution in [3.63, 3.8) is 0 Å². The first-order chi connectivity index (χ1) is 16.5. The Morgan fingerprint density at radius 2 is 1.94 bits per heavy atom. The lowest BCUT2D eigenvalue weighted by Crippen LogP contribution is -2.22. The highest BCUT2D eigenvalue weighted by molar-refractivity contribution is 5.92. The van der Waals surface area contributed by atoms with Crippen LogP contribution in [0, 0.1) is 13.8 Å². The molecule has 4 aromatic rings. The molecule has 0 fully saturated rings. The average Bonchev–Trinajstić information content (AvgIpc) is 3.49. The van der Waals surface area contributed by atoms with E-state index in [9.17, 15) is 9.59 Å². The van der Waals surface area contributed by atoms with Crippen molar-refractivity contribution in [2.75, 3.05) is 5.32 Å². The first-order valence-corrected chi connectivity index (χ1v) is 10.9. The zero-order valence-electron chi connectivity index (χ0n) is 19.1. The van der Waals surface area contributed by atoms with Gasteiger partial charge in [-0.05, 0) is 61.4 Å². The molecule has 0 bridgehead atoms. The number of nitrogens with zero attached hydrogens (tertiary/aromatic N) is 2. The van der Waals surface area contributed by atoms with E-state index in [0.29, 0.717) is 11.4 Å². The highest BCUT2D eigenvalue weighted by Crippen LogP contribution is 2.20. The van der Waals surface area contributed by atoms with Gasteiger partial charge in [0.05, 0.1) is 0 Å². The second-order valence-corrected chi connectivity index (χ2v) is 7.96. The summed E-state index contributed by atoms with van der Waals surface area (Å²) in [7, 11) is 0. The molecule has 0 aliphatic heterocycles. The van der Waals surface area contributed by atoms with E-state index in [2.05, 4.69) is 21.8 Å². The van der Waals surface area contributed by atoms with Crippen LogP contribution in [0.15, 0.2) is 77.5 Å². The zero-order valence-corrected chi connectivity index (χ0v) is 19.1. The van der Waals surface area contributed by atoms with Gasteiger partial charge >= 0.3 is 0 Å². The monoisotopic (exact) mass is 458 g/mol. The fourth-order valence-electron chi connectivity index (χ4n) is 3.46. The average molecular weight is 459 g/mol. The molecular formula is C26H26N4O4. The van der Waals surface area contributed by atoms with Crippen molar-refractivity contribution in [1.82, 2.24) is 15.1 Å². The molecule has 2 amide bonds. The third-order valence-corrected chi connectivity index (χ3v) is 5.11. The molecule has 2 aromatic carbocycles. The largest absolute Gasteiger partial charge is 0.485 e. The lowest BCUT2D eigenvalue weighted by Gasteiger charge is -2.09. The third-order valence-electron chi connectivity index (χ3n) is 5.11. The Bertz CT molecular complexity index is 1280. The molecule has 174 valence electrons. The third kappa shape index (κ3) is 6.13. The molecule has 8 nitrogen and oxygen atoms in total. The molecule has 2 N–H and O–H groups in total. The van der Waals surface area contributed by atoms with E-state index in [-0.39, 0.29) is 37.3 Å². The summed E-state index contributed by atoms with van der Waals surface area (Å²) < 4.78 is 13.0. The van der Waals surface area contributed by atoms with E-state index >= 15 is 0 Å². The van der Waals surface area contributed by atoms with E-state index in [1.807, 2.05) is 44.2 Å². The fourth-order valence-corrected chi connectivity index (χ4v) is 3.46. The quantitative estimate of drug-likeness (QED) is 0.391. The van der Waals surface area contributed by atoms with Crippen molar-refractivity contribution in [1.29, 1.82) is 0 Å². The number of hydrogen-bond donors (Lipinski definition) is 2. The Morgan fingerprint density at radius 3 is 2.74 bits per heavy atom. The van der Waals surface area contributed by atoms with Gasteiger partial charge in [0, 0.05) is 24.6 Å². The summed E-state index contributed by atoms with van der Waals surface area (Å²) >= 11 is 0. The summed E-state index contributed by atoms with van der Waals surface area (Å²) in [4.78, 5) is 24.7. The van der Waals surface area contributed by atoms with Crippen molar-refractivity contribution in [3.8, 4) is 5.75 Å². The van der Waals surface area contributed by atoms with E-state index in [1.165, 1.54) is 5.56 Å². The summed E-state index contributed by atoms with van der Waals surface area (Å²) in [6.07, 6.45) is 3.35. The van der Waals surface area contributed by atoms with Crippen LogP contribution in [-0.4, -0.2) is 21.6 Å². The molecule has 0 aliphatic rings. The second kappa shape index (κ2) is 10.5. The minimum absolute atomic E-state index is 0.127. The maximum absolute atomic E-state index is 12.5. The van der Waals surface area contributed by atoms with Crippen LogP contribution in [-0.2, 0) is 24.5 Å². The van der Waals surface area contributed by atoms with Gasteiger partial charge in [-0.15, -0.1) is 0 Å². The van der Waals surface area contributed by atoms with Gasteiger partial charge in [0.1, 0.15) is 24.7 Å². The maximum atomic E-state index is 12.5. The maximum Gasteiger partial charge on any atom is 0.287 e. The SMILES string of the molecule is Cc1ccc(OCc2ccc(C(=O)NCc3cccc(NC(=O)Cn4cccn4)c3)o2)c(C)c1. The number of rotatable bonds is 9. The van der Waals surface area contributed by atoms with Crippen molar-refractivity contribution >= 4 is 17.5 Å². The standard InChI is InChI=1S/C26H26N4O4/c1-18-7-9-23(19(2)13-18)33-17-22-8-10-24(34-22)26(32)27-15-20-5-3-6-21(14-20)29-25(31)16-30-12-4-11-28-30/h3-14H,15-17H2,1-2H3,(H,27,32)(H,29,31). The number of carbonyl (C=O) groups excluding carboxylic acids is 2. The van der Waals surface area contributed by atoms with Gasteiger partial charge in [-0.3, -0.25) is 14.3 Å². The van der Waals surface area contributed by atoms with Crippen LogP contribution in [0.4, 0.5) is 5.69 Å². The predicted molar refractivity (Wildman–Crippen MR) is 127 cm³/mol. The molecule has 0 atom stereocenters. The number of aromatic nitrogens is 2. The number of amides is 2. The Kier molecular flexibility index (Phi) is 7.07. The van der Waals surface area contributed by atoms with Crippen molar-refractivity contribution < 1.29 is 18.7 Å². The highest BCUT2D eigenvalue weighted by Gasteiger charge is 2.12. The molecule has 2 aromatic heterocycles. The smallest absolute Gasteiger partial charge is 0.287 e. The van der Waals surface area contributed by atoms with E-state index in [1.54, 1.807) is 41.3 Å². The van der Waals surface area contributed by atoms with Crippen molar-refractivity contribution in [2.24, 2.45) is 0 Å². The Morgan fingerprint density at radius 1 is 1.06 bits per heavy atom. The summed E-state index contributed by atoms with van der Waals surface area (Å²) in [5.41, 5.74) is 3.70. The number of benzene rings is 2. The molecule has 2 heterocycles. The summed E-state index contributed by atoms with van der Waals surface area (Å²) in [6.45, 7) is 4.67. The van der Waals surface area contributed by atoms with Crippen LogP contribution in [0.1, 0.15) is 33.0 Å². The van der Waals surface area contributed by atoms with Crippen LogP contribution in [0.2, 0.25) is 0 Å². The topological polar surface area (TPSA) is 98.4 Å². The van der Waals surface area contributed by atoms with Crippen LogP contribution < -0.4 is 15.4 Å². The summed E-state index contributed by atoms with van der Waals surface area (Å²) in [5.74, 6) is 1.04. The minimum Gasteiger partial charge on any atom is -0.485 e. The van der Waals surface area contributed by atoms with Crippen LogP contribution in [0.5, 0.6) is 5.75 Å². The fraction of sp³-hybridized carbons (Fsp3) is 0.192. The van der Waals surface area contributed by atoms with E-state index < -0.39 is 0 Å². The molecular weight excluding hydrogens is 432 g/mol. The molecule has 4 rings (SSSR count). The van der Waals surface area contributed by atoms with Gasteiger partial charge in [-0.1, -0.05) is 29.8 Å². The molecule has 0 saturated carbocycles. The summed E-state index contributed by atoms with van der Waals surface area (Å²) in [5, 5.41) is 9.69. The van der Waals surface area contributed by atoms with Crippen LogP contribution in [0.3, 0.4) is 0 Å². The Labute approximate surface area is 197 Å². The zero-order chi connectivity index (χ0) is 23.9. The van der Waals surface area contributed by atoms with Crippen LogP contribution in [0.25, 0.3) is 0 Å². The molecule has 0 spiro atoms. The van der Waals surface area contributed by atoms with E-state index in [4.69, 9.17) is 9.15 Å². The van der Waals surface area contributed by atoms with Crippen molar-refractivity contribution in [2.45, 2.75) is 33.5 Å². The van der Waals surface area contributed by atoms with Gasteiger partial charge in [0.2, 0.25) is 5.91 Å². The number of furan rings is 1. The number of nitrogens with one attached hydrogen (secondary N) is 2. The van der Waals surface area contributed by atoms with E-state index in [0.717, 1.165) is 16.9 Å².